The van der Waals surface area contributed by atoms with Crippen LogP contribution in [0.25, 0.3) is 22.5 Å². The van der Waals surface area contributed by atoms with Crippen LogP contribution in [0.15, 0.2) is 85.3 Å². The highest BCUT2D eigenvalue weighted by Gasteiger charge is 2.30. The summed E-state index contributed by atoms with van der Waals surface area (Å²) in [6.45, 7) is 0. The maximum absolute atomic E-state index is 13.0. The quantitative estimate of drug-likeness (QED) is 0.240. The van der Waals surface area contributed by atoms with E-state index in [9.17, 15) is 14.9 Å². The Kier molecular flexibility index (Phi) is 4.72. The molecule has 3 N–H and O–H groups in total. The van der Waals surface area contributed by atoms with Gasteiger partial charge in [-0.3, -0.25) is 14.9 Å². The number of nitrogens with zero attached hydrogens (tertiary/aromatic N) is 2. The van der Waals surface area contributed by atoms with E-state index in [1.807, 2.05) is 54.6 Å². The van der Waals surface area contributed by atoms with Gasteiger partial charge < -0.3 is 15.6 Å². The molecule has 8 heteroatoms. The summed E-state index contributed by atoms with van der Waals surface area (Å²) in [7, 11) is 0. The zero-order valence-corrected chi connectivity index (χ0v) is 16.7. The zero-order valence-electron chi connectivity index (χ0n) is 16.7. The summed E-state index contributed by atoms with van der Waals surface area (Å²) in [5, 5.41) is 17.6. The van der Waals surface area contributed by atoms with E-state index in [0.717, 1.165) is 22.5 Å². The van der Waals surface area contributed by atoms with Crippen LogP contribution in [0.3, 0.4) is 0 Å². The average molecular weight is 423 g/mol. The van der Waals surface area contributed by atoms with Gasteiger partial charge in [0, 0.05) is 40.8 Å². The fourth-order valence-electron chi connectivity index (χ4n) is 3.76. The first-order valence-corrected chi connectivity index (χ1v) is 9.87. The summed E-state index contributed by atoms with van der Waals surface area (Å²) in [5.74, 6) is -0.330. The summed E-state index contributed by atoms with van der Waals surface area (Å²) in [6.07, 6.45) is 3.39. The van der Waals surface area contributed by atoms with Crippen LogP contribution in [0.4, 0.5) is 17.1 Å². The molecule has 0 saturated carbocycles. The minimum absolute atomic E-state index is 0.0814. The van der Waals surface area contributed by atoms with Gasteiger partial charge in [-0.2, -0.15) is 0 Å². The number of aromatic nitrogens is 2. The van der Waals surface area contributed by atoms with E-state index < -0.39 is 4.92 Å². The Hall–Kier alpha value is -4.72. The standard InChI is InChI=1S/C24H17N5O3/c30-24-22(18-12-16(29(31)32)10-11-20(18)28-24)23(15-6-2-1-3-7-15)27-19-9-5-4-8-17(19)21-13-25-14-26-21/h1-14,27H,(H,25,26)(H,28,30)/b23-22-. The number of aromatic amines is 1. The molecule has 0 aliphatic carbocycles. The van der Waals surface area contributed by atoms with Gasteiger partial charge in [0.2, 0.25) is 0 Å². The molecular formula is C24H17N5O3. The first-order valence-electron chi connectivity index (χ1n) is 9.87. The summed E-state index contributed by atoms with van der Waals surface area (Å²) < 4.78 is 0. The van der Waals surface area contributed by atoms with Crippen molar-refractivity contribution in [1.29, 1.82) is 0 Å². The maximum Gasteiger partial charge on any atom is 0.270 e. The van der Waals surface area contributed by atoms with Gasteiger partial charge in [-0.15, -0.1) is 0 Å². The Balaban J connectivity index is 1.72. The number of nitro groups is 1. The van der Waals surface area contributed by atoms with Crippen molar-refractivity contribution in [2.24, 2.45) is 0 Å². The van der Waals surface area contributed by atoms with E-state index in [0.29, 0.717) is 22.5 Å². The van der Waals surface area contributed by atoms with Crippen molar-refractivity contribution in [3.8, 4) is 11.3 Å². The topological polar surface area (TPSA) is 113 Å². The predicted molar refractivity (Wildman–Crippen MR) is 123 cm³/mol. The smallest absolute Gasteiger partial charge is 0.270 e. The Bertz CT molecular complexity index is 1360. The molecule has 1 aliphatic heterocycles. The number of non-ortho nitro benzene ring substituents is 1. The second-order valence-corrected chi connectivity index (χ2v) is 7.18. The molecule has 0 fully saturated rings. The van der Waals surface area contributed by atoms with Crippen LogP contribution in [0.5, 0.6) is 0 Å². The molecule has 32 heavy (non-hydrogen) atoms. The number of para-hydroxylation sites is 1. The number of imidazole rings is 1. The number of benzene rings is 3. The van der Waals surface area contributed by atoms with E-state index in [4.69, 9.17) is 0 Å². The van der Waals surface area contributed by atoms with E-state index in [2.05, 4.69) is 20.6 Å². The molecule has 0 saturated heterocycles. The lowest BCUT2D eigenvalue weighted by Gasteiger charge is -2.17. The summed E-state index contributed by atoms with van der Waals surface area (Å²) in [4.78, 5) is 31.2. The first-order chi connectivity index (χ1) is 15.6. The maximum atomic E-state index is 13.0. The first kappa shape index (κ1) is 19.3. The molecule has 8 nitrogen and oxygen atoms in total. The number of hydrogen-bond acceptors (Lipinski definition) is 5. The number of rotatable bonds is 5. The second kappa shape index (κ2) is 7.84. The van der Waals surface area contributed by atoms with E-state index in [1.165, 1.54) is 12.1 Å². The van der Waals surface area contributed by atoms with Crippen molar-refractivity contribution in [2.75, 3.05) is 10.6 Å². The monoisotopic (exact) mass is 423 g/mol. The van der Waals surface area contributed by atoms with Gasteiger partial charge in [-0.05, 0) is 17.7 Å². The number of anilines is 2. The number of amides is 1. The number of fused-ring (bicyclic) bond motifs is 1. The van der Waals surface area contributed by atoms with Crippen molar-refractivity contribution >= 4 is 34.2 Å². The van der Waals surface area contributed by atoms with Crippen molar-refractivity contribution in [3.05, 3.63) is 107 Å². The molecule has 0 radical (unpaired) electrons. The van der Waals surface area contributed by atoms with Crippen LogP contribution in [-0.4, -0.2) is 20.8 Å². The number of carbonyl (C=O) groups excluding carboxylic acids is 1. The molecule has 5 rings (SSSR count). The molecule has 156 valence electrons. The van der Waals surface area contributed by atoms with Gasteiger partial charge in [0.05, 0.1) is 28.2 Å². The molecule has 0 atom stereocenters. The third kappa shape index (κ3) is 3.39. The third-order valence-corrected chi connectivity index (χ3v) is 5.23. The Morgan fingerprint density at radius 3 is 2.50 bits per heavy atom. The van der Waals surface area contributed by atoms with Crippen molar-refractivity contribution in [1.82, 2.24) is 9.97 Å². The fraction of sp³-hybridized carbons (Fsp3) is 0. The molecule has 1 aliphatic rings. The van der Waals surface area contributed by atoms with Crippen LogP contribution in [-0.2, 0) is 4.79 Å². The van der Waals surface area contributed by atoms with Crippen LogP contribution in [0.1, 0.15) is 11.1 Å². The van der Waals surface area contributed by atoms with Crippen molar-refractivity contribution < 1.29 is 9.72 Å². The van der Waals surface area contributed by atoms with Gasteiger partial charge in [0.25, 0.3) is 11.6 Å². The van der Waals surface area contributed by atoms with E-state index >= 15 is 0 Å². The highest BCUT2D eigenvalue weighted by atomic mass is 16.6. The second-order valence-electron chi connectivity index (χ2n) is 7.18. The molecule has 0 unspecified atom stereocenters. The SMILES string of the molecule is O=C1Nc2ccc([N+](=O)[O-])cc2/C1=C(/Nc1ccccc1-c1c[nH]cn1)c1ccccc1. The predicted octanol–water partition coefficient (Wildman–Crippen LogP) is 4.92. The largest absolute Gasteiger partial charge is 0.354 e. The van der Waals surface area contributed by atoms with Gasteiger partial charge in [-0.1, -0.05) is 48.5 Å². The Morgan fingerprint density at radius 2 is 1.75 bits per heavy atom. The van der Waals surface area contributed by atoms with Gasteiger partial charge in [0.15, 0.2) is 0 Å². The number of carbonyl (C=O) groups is 1. The normalized spacial score (nSPS) is 13.9. The molecule has 0 spiro atoms. The molecular weight excluding hydrogens is 406 g/mol. The molecule has 1 amide bonds. The lowest BCUT2D eigenvalue weighted by atomic mass is 9.99. The van der Waals surface area contributed by atoms with Crippen LogP contribution < -0.4 is 10.6 Å². The lowest BCUT2D eigenvalue weighted by molar-refractivity contribution is -0.384. The van der Waals surface area contributed by atoms with E-state index in [-0.39, 0.29) is 11.6 Å². The average Bonchev–Trinajstić information content (AvgIpc) is 3.45. The number of nitrogens with one attached hydrogen (secondary N) is 3. The number of hydrogen-bond donors (Lipinski definition) is 3. The van der Waals surface area contributed by atoms with Crippen LogP contribution in [0.2, 0.25) is 0 Å². The van der Waals surface area contributed by atoms with Crippen molar-refractivity contribution in [3.63, 3.8) is 0 Å². The number of nitro benzene ring substituents is 1. The van der Waals surface area contributed by atoms with Crippen molar-refractivity contribution in [2.45, 2.75) is 0 Å². The summed E-state index contributed by atoms with van der Waals surface area (Å²) >= 11 is 0. The van der Waals surface area contributed by atoms with Crippen LogP contribution >= 0.6 is 0 Å². The molecule has 4 aromatic rings. The highest BCUT2D eigenvalue weighted by Crippen LogP contribution is 2.40. The summed E-state index contributed by atoms with van der Waals surface area (Å²) in [6, 6.07) is 21.4. The van der Waals surface area contributed by atoms with E-state index in [1.54, 1.807) is 18.6 Å². The van der Waals surface area contributed by atoms with Gasteiger partial charge >= 0.3 is 0 Å². The highest BCUT2D eigenvalue weighted by molar-refractivity contribution is 6.37. The molecule has 2 heterocycles. The minimum atomic E-state index is -0.469. The van der Waals surface area contributed by atoms with Gasteiger partial charge in [-0.25, -0.2) is 4.98 Å². The molecule has 3 aromatic carbocycles. The van der Waals surface area contributed by atoms with Crippen LogP contribution in [0, 0.1) is 10.1 Å². The number of H-pyrrole nitrogens is 1. The Labute approximate surface area is 182 Å². The molecule has 0 bridgehead atoms. The summed E-state index contributed by atoms with van der Waals surface area (Å²) in [5.41, 5.74) is 4.93. The van der Waals surface area contributed by atoms with Gasteiger partial charge in [0.1, 0.15) is 0 Å². The zero-order chi connectivity index (χ0) is 22.1. The Morgan fingerprint density at radius 1 is 0.969 bits per heavy atom. The lowest BCUT2D eigenvalue weighted by Crippen LogP contribution is -2.10. The third-order valence-electron chi connectivity index (χ3n) is 5.23. The molecule has 1 aromatic heterocycles. The minimum Gasteiger partial charge on any atom is -0.354 e. The fourth-order valence-corrected chi connectivity index (χ4v) is 3.76.